The number of halogens is 2. The highest BCUT2D eigenvalue weighted by Gasteiger charge is 2.19. The Kier molecular flexibility index (Phi) is 8.33. The fraction of sp³-hybridized carbons (Fsp3) is 0.227. The Bertz CT molecular complexity index is 1090. The van der Waals surface area contributed by atoms with Crippen molar-refractivity contribution in [3.63, 3.8) is 0 Å². The number of alkyl carbamates (subject to hydrolysis) is 1. The number of hydrogen-bond acceptors (Lipinski definition) is 6. The van der Waals surface area contributed by atoms with Gasteiger partial charge in [-0.1, -0.05) is 53.5 Å². The van der Waals surface area contributed by atoms with Gasteiger partial charge < -0.3 is 19.7 Å². The van der Waals surface area contributed by atoms with Crippen LogP contribution in [0.4, 0.5) is 10.5 Å². The summed E-state index contributed by atoms with van der Waals surface area (Å²) in [4.78, 5) is 30.1. The molecule has 0 saturated heterocycles. The van der Waals surface area contributed by atoms with Gasteiger partial charge in [0.25, 0.3) is 0 Å². The zero-order valence-corrected chi connectivity index (χ0v) is 19.8. The van der Waals surface area contributed by atoms with Crippen molar-refractivity contribution in [3.8, 4) is 5.88 Å². The van der Waals surface area contributed by atoms with Crippen molar-refractivity contribution in [1.82, 2.24) is 10.3 Å². The van der Waals surface area contributed by atoms with E-state index in [-0.39, 0.29) is 30.7 Å². The molecule has 0 saturated carbocycles. The maximum absolute atomic E-state index is 12.6. The van der Waals surface area contributed by atoms with Crippen LogP contribution < -0.4 is 15.0 Å². The Labute approximate surface area is 199 Å². The van der Waals surface area contributed by atoms with E-state index < -0.39 is 6.09 Å². The summed E-state index contributed by atoms with van der Waals surface area (Å²) >= 11 is 14.3. The molecule has 2 amide bonds. The molecule has 0 fully saturated rings. The third kappa shape index (κ3) is 6.35. The molecule has 3 rings (SSSR count). The second-order valence-electron chi connectivity index (χ2n) is 6.72. The SMILES string of the molecule is Cc1nc(OCc2c(Cl)ccc(N(C)C(=O)CNC(=O)OCc3ccccc3)c2Cl)cs1. The molecule has 0 aliphatic heterocycles. The molecule has 168 valence electrons. The van der Waals surface area contributed by atoms with Crippen LogP contribution in [0.1, 0.15) is 16.1 Å². The minimum absolute atomic E-state index is 0.0980. The third-order valence-corrected chi connectivity index (χ3v) is 5.99. The number of aromatic nitrogens is 1. The number of hydrogen-bond donors (Lipinski definition) is 1. The highest BCUT2D eigenvalue weighted by atomic mass is 35.5. The predicted octanol–water partition coefficient (Wildman–Crippen LogP) is 5.23. The number of aryl methyl sites for hydroxylation is 1. The summed E-state index contributed by atoms with van der Waals surface area (Å²) in [6, 6.07) is 12.5. The molecule has 0 atom stereocenters. The molecule has 1 heterocycles. The maximum atomic E-state index is 12.6. The Balaban J connectivity index is 1.57. The van der Waals surface area contributed by atoms with E-state index in [0.29, 0.717) is 22.2 Å². The first-order valence-corrected chi connectivity index (χ1v) is 11.2. The van der Waals surface area contributed by atoms with Crippen LogP contribution in [0.5, 0.6) is 5.88 Å². The Morgan fingerprint density at radius 1 is 1.12 bits per heavy atom. The molecule has 3 aromatic rings. The summed E-state index contributed by atoms with van der Waals surface area (Å²) in [5, 5.41) is 5.81. The first-order chi connectivity index (χ1) is 15.3. The van der Waals surface area contributed by atoms with Crippen LogP contribution >= 0.6 is 34.5 Å². The van der Waals surface area contributed by atoms with E-state index >= 15 is 0 Å². The summed E-state index contributed by atoms with van der Waals surface area (Å²) in [5.74, 6) is 0.0977. The zero-order valence-electron chi connectivity index (χ0n) is 17.4. The number of likely N-dealkylation sites (N-methyl/N-ethyl adjacent to an activating group) is 1. The van der Waals surface area contributed by atoms with Crippen LogP contribution in [0, 0.1) is 6.92 Å². The number of amides is 2. The molecular weight excluding hydrogens is 473 g/mol. The summed E-state index contributed by atoms with van der Waals surface area (Å²) < 4.78 is 10.8. The Morgan fingerprint density at radius 3 is 2.56 bits per heavy atom. The summed E-state index contributed by atoms with van der Waals surface area (Å²) in [6.07, 6.45) is -0.689. The number of benzene rings is 2. The molecule has 0 spiro atoms. The van der Waals surface area contributed by atoms with E-state index in [1.807, 2.05) is 37.3 Å². The number of ether oxygens (including phenoxy) is 2. The first-order valence-electron chi connectivity index (χ1n) is 9.58. The minimum Gasteiger partial charge on any atom is -0.472 e. The predicted molar refractivity (Wildman–Crippen MR) is 126 cm³/mol. The number of rotatable bonds is 8. The standard InChI is InChI=1S/C22H21Cl2N3O4S/c1-14-26-19(13-32-14)30-12-16-17(23)8-9-18(21(16)24)27(2)20(28)10-25-22(29)31-11-15-6-4-3-5-7-15/h3-9,13H,10-12H2,1-2H3,(H,25,29). The van der Waals surface area contributed by atoms with Crippen molar-refractivity contribution >= 4 is 52.2 Å². The molecule has 32 heavy (non-hydrogen) atoms. The van der Waals surface area contributed by atoms with E-state index in [9.17, 15) is 9.59 Å². The smallest absolute Gasteiger partial charge is 0.407 e. The quantitative estimate of drug-likeness (QED) is 0.464. The van der Waals surface area contributed by atoms with Crippen molar-refractivity contribution in [2.45, 2.75) is 20.1 Å². The number of thiazole rings is 1. The van der Waals surface area contributed by atoms with Gasteiger partial charge in [0.2, 0.25) is 11.8 Å². The van der Waals surface area contributed by atoms with Crippen LogP contribution in [-0.2, 0) is 22.7 Å². The van der Waals surface area contributed by atoms with Gasteiger partial charge in [0.1, 0.15) is 19.8 Å². The average Bonchev–Trinajstić information content (AvgIpc) is 3.21. The van der Waals surface area contributed by atoms with Crippen molar-refractivity contribution < 1.29 is 19.1 Å². The van der Waals surface area contributed by atoms with Crippen molar-refractivity contribution in [3.05, 3.63) is 74.0 Å². The van der Waals surface area contributed by atoms with Gasteiger partial charge in [-0.3, -0.25) is 4.79 Å². The number of anilines is 1. The highest BCUT2D eigenvalue weighted by Crippen LogP contribution is 2.34. The van der Waals surface area contributed by atoms with Crippen LogP contribution in [0.15, 0.2) is 47.8 Å². The highest BCUT2D eigenvalue weighted by molar-refractivity contribution is 7.09. The molecule has 10 heteroatoms. The van der Waals surface area contributed by atoms with Crippen LogP contribution in [0.25, 0.3) is 0 Å². The van der Waals surface area contributed by atoms with Gasteiger partial charge >= 0.3 is 6.09 Å². The second kappa shape index (κ2) is 11.2. The van der Waals surface area contributed by atoms with Crippen molar-refractivity contribution in [2.24, 2.45) is 0 Å². The number of carbonyl (C=O) groups excluding carboxylic acids is 2. The van der Waals surface area contributed by atoms with Crippen LogP contribution in [0.3, 0.4) is 0 Å². The van der Waals surface area contributed by atoms with E-state index in [1.165, 1.54) is 16.2 Å². The van der Waals surface area contributed by atoms with Gasteiger partial charge in [-0.25, -0.2) is 9.78 Å². The number of nitrogens with one attached hydrogen (secondary N) is 1. The van der Waals surface area contributed by atoms with Crippen LogP contribution in [0.2, 0.25) is 10.0 Å². The fourth-order valence-electron chi connectivity index (χ4n) is 2.71. The molecule has 0 aliphatic carbocycles. The van der Waals surface area contributed by atoms with Gasteiger partial charge in [0, 0.05) is 17.6 Å². The van der Waals surface area contributed by atoms with E-state index in [2.05, 4.69) is 10.3 Å². The monoisotopic (exact) mass is 493 g/mol. The Morgan fingerprint density at radius 2 is 1.88 bits per heavy atom. The number of carbonyl (C=O) groups is 2. The van der Waals surface area contributed by atoms with Crippen molar-refractivity contribution in [2.75, 3.05) is 18.5 Å². The van der Waals surface area contributed by atoms with Gasteiger partial charge in [-0.15, -0.1) is 11.3 Å². The topological polar surface area (TPSA) is 80.8 Å². The number of nitrogens with zero attached hydrogens (tertiary/aromatic N) is 2. The summed E-state index contributed by atoms with van der Waals surface area (Å²) in [5.41, 5.74) is 1.82. The molecule has 0 bridgehead atoms. The van der Waals surface area contributed by atoms with Crippen molar-refractivity contribution in [1.29, 1.82) is 0 Å². The van der Waals surface area contributed by atoms with E-state index in [1.54, 1.807) is 24.6 Å². The third-order valence-electron chi connectivity index (χ3n) is 4.46. The molecule has 1 N–H and O–H groups in total. The lowest BCUT2D eigenvalue weighted by molar-refractivity contribution is -0.117. The molecule has 1 aromatic heterocycles. The molecule has 0 aliphatic rings. The van der Waals surface area contributed by atoms with Crippen LogP contribution in [-0.4, -0.2) is 30.6 Å². The molecule has 0 radical (unpaired) electrons. The molecular formula is C22H21Cl2N3O4S. The van der Waals surface area contributed by atoms with E-state index in [4.69, 9.17) is 32.7 Å². The summed E-state index contributed by atoms with van der Waals surface area (Å²) in [6.45, 7) is 1.83. The Hall–Kier alpha value is -2.81. The van der Waals surface area contributed by atoms with Gasteiger partial charge in [0.05, 0.1) is 21.1 Å². The molecule has 0 unspecified atom stereocenters. The van der Waals surface area contributed by atoms with Gasteiger partial charge in [0.15, 0.2) is 0 Å². The first kappa shape index (κ1) is 23.8. The zero-order chi connectivity index (χ0) is 23.1. The second-order valence-corrected chi connectivity index (χ2v) is 8.57. The van der Waals surface area contributed by atoms with Gasteiger partial charge in [-0.05, 0) is 24.6 Å². The largest absolute Gasteiger partial charge is 0.472 e. The lowest BCUT2D eigenvalue weighted by Crippen LogP contribution is -2.38. The van der Waals surface area contributed by atoms with Gasteiger partial charge in [-0.2, -0.15) is 0 Å². The van der Waals surface area contributed by atoms with E-state index in [0.717, 1.165) is 10.6 Å². The average molecular weight is 494 g/mol. The summed E-state index contributed by atoms with van der Waals surface area (Å²) in [7, 11) is 1.56. The molecule has 2 aromatic carbocycles. The lowest BCUT2D eigenvalue weighted by atomic mass is 10.2. The normalized spacial score (nSPS) is 10.5. The minimum atomic E-state index is -0.689. The molecule has 7 nitrogen and oxygen atoms in total. The fourth-order valence-corrected chi connectivity index (χ4v) is 3.85. The lowest BCUT2D eigenvalue weighted by Gasteiger charge is -2.21. The maximum Gasteiger partial charge on any atom is 0.407 e.